The van der Waals surface area contributed by atoms with E-state index >= 15 is 0 Å². The fourth-order valence-corrected chi connectivity index (χ4v) is 2.18. The predicted molar refractivity (Wildman–Crippen MR) is 73.2 cm³/mol. The zero-order valence-electron chi connectivity index (χ0n) is 11.4. The number of ether oxygens (including phenoxy) is 2. The van der Waals surface area contributed by atoms with Crippen molar-refractivity contribution in [3.63, 3.8) is 0 Å². The van der Waals surface area contributed by atoms with E-state index < -0.39 is 0 Å². The smallest absolute Gasteiger partial charge is 0.165 e. The van der Waals surface area contributed by atoms with E-state index in [4.69, 9.17) is 9.47 Å². The van der Waals surface area contributed by atoms with Gasteiger partial charge in [0.15, 0.2) is 11.5 Å². The zero-order chi connectivity index (χ0) is 12.8. The normalized spacial score (nSPS) is 15.2. The highest BCUT2D eigenvalue weighted by molar-refractivity contribution is 5.46. The molecule has 1 aromatic rings. The third kappa shape index (κ3) is 3.16. The summed E-state index contributed by atoms with van der Waals surface area (Å²) in [5.74, 6) is 2.52. The molecule has 0 spiro atoms. The first kappa shape index (κ1) is 13.2. The van der Waals surface area contributed by atoms with Crippen molar-refractivity contribution in [2.24, 2.45) is 5.92 Å². The van der Waals surface area contributed by atoms with Crippen LogP contribution in [0.4, 0.5) is 0 Å². The first-order chi connectivity index (χ1) is 8.85. The molecule has 0 aromatic heterocycles. The van der Waals surface area contributed by atoms with Crippen LogP contribution in [0, 0.1) is 5.92 Å². The van der Waals surface area contributed by atoms with Crippen LogP contribution in [0.1, 0.15) is 31.7 Å². The van der Waals surface area contributed by atoms with Crippen LogP contribution >= 0.6 is 0 Å². The van der Waals surface area contributed by atoms with Gasteiger partial charge < -0.3 is 14.8 Å². The maximum atomic E-state index is 6.01. The number of hydrogen-bond donors (Lipinski definition) is 1. The molecule has 3 heteroatoms. The molecular formula is C15H23NO2. The lowest BCUT2D eigenvalue weighted by molar-refractivity contribution is 0.172. The lowest BCUT2D eigenvalue weighted by Gasteiger charge is -2.26. The molecule has 0 atom stereocenters. The highest BCUT2D eigenvalue weighted by atomic mass is 16.5. The van der Waals surface area contributed by atoms with Crippen molar-refractivity contribution in [2.75, 3.05) is 20.3 Å². The van der Waals surface area contributed by atoms with Gasteiger partial charge in [-0.1, -0.05) is 18.6 Å². The summed E-state index contributed by atoms with van der Waals surface area (Å²) in [4.78, 5) is 0. The second-order valence-corrected chi connectivity index (χ2v) is 4.82. The molecule has 0 bridgehead atoms. The quantitative estimate of drug-likeness (QED) is 0.806. The van der Waals surface area contributed by atoms with E-state index in [1.165, 1.54) is 24.8 Å². The van der Waals surface area contributed by atoms with Gasteiger partial charge in [0.05, 0.1) is 13.2 Å². The molecule has 0 radical (unpaired) electrons. The van der Waals surface area contributed by atoms with Crippen molar-refractivity contribution in [2.45, 2.75) is 32.7 Å². The maximum Gasteiger partial charge on any atom is 0.165 e. The molecule has 0 unspecified atom stereocenters. The summed E-state index contributed by atoms with van der Waals surface area (Å²) in [5.41, 5.74) is 1.17. The summed E-state index contributed by atoms with van der Waals surface area (Å²) in [6.45, 7) is 4.30. The fraction of sp³-hybridized carbons (Fsp3) is 0.600. The third-order valence-corrected chi connectivity index (χ3v) is 3.42. The van der Waals surface area contributed by atoms with E-state index in [2.05, 4.69) is 11.4 Å². The zero-order valence-corrected chi connectivity index (χ0v) is 11.4. The minimum atomic E-state index is 0.669. The monoisotopic (exact) mass is 249 g/mol. The van der Waals surface area contributed by atoms with E-state index in [-0.39, 0.29) is 0 Å². The van der Waals surface area contributed by atoms with Gasteiger partial charge >= 0.3 is 0 Å². The fourth-order valence-electron chi connectivity index (χ4n) is 2.18. The largest absolute Gasteiger partial charge is 0.490 e. The summed E-state index contributed by atoms with van der Waals surface area (Å²) in [6, 6.07) is 6.10. The number of benzene rings is 1. The molecule has 0 saturated heterocycles. The number of rotatable bonds is 7. The Morgan fingerprint density at radius 1 is 1.28 bits per heavy atom. The molecule has 1 aliphatic rings. The van der Waals surface area contributed by atoms with Crippen molar-refractivity contribution in [1.29, 1.82) is 0 Å². The van der Waals surface area contributed by atoms with Crippen molar-refractivity contribution in [3.05, 3.63) is 23.8 Å². The van der Waals surface area contributed by atoms with Gasteiger partial charge in [-0.05, 0) is 38.8 Å². The van der Waals surface area contributed by atoms with E-state index in [0.29, 0.717) is 6.61 Å². The minimum Gasteiger partial charge on any atom is -0.490 e. The number of para-hydroxylation sites is 1. The van der Waals surface area contributed by atoms with Crippen LogP contribution in [0.2, 0.25) is 0 Å². The molecule has 0 amide bonds. The molecule has 0 aliphatic heterocycles. The molecule has 1 N–H and O–H groups in total. The maximum absolute atomic E-state index is 6.01. The van der Waals surface area contributed by atoms with Crippen LogP contribution in [0.3, 0.4) is 0 Å². The van der Waals surface area contributed by atoms with Crippen molar-refractivity contribution >= 4 is 0 Å². The van der Waals surface area contributed by atoms with Crippen LogP contribution in [-0.2, 0) is 6.54 Å². The average molecular weight is 249 g/mol. The first-order valence-corrected chi connectivity index (χ1v) is 6.87. The molecule has 1 aliphatic carbocycles. The van der Waals surface area contributed by atoms with E-state index in [0.717, 1.165) is 30.6 Å². The Hall–Kier alpha value is -1.22. The van der Waals surface area contributed by atoms with Gasteiger partial charge in [0, 0.05) is 12.1 Å². The van der Waals surface area contributed by atoms with Crippen molar-refractivity contribution in [1.82, 2.24) is 5.32 Å². The Labute approximate surface area is 109 Å². The summed E-state index contributed by atoms with van der Waals surface area (Å²) < 4.78 is 11.7. The van der Waals surface area contributed by atoms with Crippen LogP contribution in [-0.4, -0.2) is 20.3 Å². The molecule has 1 fully saturated rings. The summed E-state index contributed by atoms with van der Waals surface area (Å²) >= 11 is 0. The van der Waals surface area contributed by atoms with Gasteiger partial charge in [0.25, 0.3) is 0 Å². The minimum absolute atomic E-state index is 0.669. The number of nitrogens with one attached hydrogen (secondary N) is 1. The van der Waals surface area contributed by atoms with Gasteiger partial charge in [-0.25, -0.2) is 0 Å². The summed E-state index contributed by atoms with van der Waals surface area (Å²) in [7, 11) is 1.95. The molecule has 3 nitrogen and oxygen atoms in total. The Bertz CT molecular complexity index is 351. The average Bonchev–Trinajstić information content (AvgIpc) is 2.31. The molecule has 0 heterocycles. The second kappa shape index (κ2) is 6.64. The predicted octanol–water partition coefficient (Wildman–Crippen LogP) is 2.98. The highest BCUT2D eigenvalue weighted by Crippen LogP contribution is 2.34. The van der Waals surface area contributed by atoms with Crippen LogP contribution in [0.5, 0.6) is 11.5 Å². The van der Waals surface area contributed by atoms with Crippen LogP contribution in [0.25, 0.3) is 0 Å². The van der Waals surface area contributed by atoms with Crippen LogP contribution in [0.15, 0.2) is 18.2 Å². The Morgan fingerprint density at radius 2 is 2.11 bits per heavy atom. The van der Waals surface area contributed by atoms with Gasteiger partial charge in [0.2, 0.25) is 0 Å². The number of hydrogen-bond acceptors (Lipinski definition) is 3. The van der Waals surface area contributed by atoms with E-state index in [1.807, 2.05) is 26.1 Å². The summed E-state index contributed by atoms with van der Waals surface area (Å²) in [6.07, 6.45) is 3.96. The standard InChI is InChI=1S/C15H23NO2/c1-3-17-14-9-5-8-13(10-16-2)15(14)18-11-12-6-4-7-12/h5,8-9,12,16H,3-4,6-7,10-11H2,1-2H3. The van der Waals surface area contributed by atoms with E-state index in [1.54, 1.807) is 0 Å². The molecule has 100 valence electrons. The lowest BCUT2D eigenvalue weighted by Crippen LogP contribution is -2.20. The lowest BCUT2D eigenvalue weighted by atomic mass is 9.86. The third-order valence-electron chi connectivity index (χ3n) is 3.42. The van der Waals surface area contributed by atoms with Gasteiger partial charge in [-0.3, -0.25) is 0 Å². The Kier molecular flexibility index (Phi) is 4.88. The molecule has 1 aromatic carbocycles. The van der Waals surface area contributed by atoms with Crippen molar-refractivity contribution < 1.29 is 9.47 Å². The Morgan fingerprint density at radius 3 is 2.72 bits per heavy atom. The van der Waals surface area contributed by atoms with Crippen LogP contribution < -0.4 is 14.8 Å². The molecule has 18 heavy (non-hydrogen) atoms. The molecular weight excluding hydrogens is 226 g/mol. The topological polar surface area (TPSA) is 30.5 Å². The van der Waals surface area contributed by atoms with E-state index in [9.17, 15) is 0 Å². The second-order valence-electron chi connectivity index (χ2n) is 4.82. The van der Waals surface area contributed by atoms with Crippen molar-refractivity contribution in [3.8, 4) is 11.5 Å². The SMILES string of the molecule is CCOc1cccc(CNC)c1OCC1CCC1. The molecule has 2 rings (SSSR count). The Balaban J connectivity index is 2.09. The van der Waals surface area contributed by atoms with Gasteiger partial charge in [0.1, 0.15) is 0 Å². The molecule has 1 saturated carbocycles. The van der Waals surface area contributed by atoms with Gasteiger partial charge in [-0.15, -0.1) is 0 Å². The highest BCUT2D eigenvalue weighted by Gasteiger charge is 2.19. The summed E-state index contributed by atoms with van der Waals surface area (Å²) in [5, 5.41) is 3.17. The first-order valence-electron chi connectivity index (χ1n) is 6.87. The van der Waals surface area contributed by atoms with Gasteiger partial charge in [-0.2, -0.15) is 0 Å².